The van der Waals surface area contributed by atoms with Gasteiger partial charge in [-0.15, -0.1) is 5.11 Å². The molecule has 0 aromatic heterocycles. The third kappa shape index (κ3) is 10.4. The van der Waals surface area contributed by atoms with Gasteiger partial charge in [-0.1, -0.05) is 0 Å². The van der Waals surface area contributed by atoms with Crippen LogP contribution in [-0.2, 0) is 18.9 Å². The molecule has 0 N–H and O–H groups in total. The average molecular weight is 491 g/mol. The van der Waals surface area contributed by atoms with Gasteiger partial charge in [0.2, 0.25) is 0 Å². The molecule has 0 spiro atoms. The number of nitro benzene ring substituents is 1. The lowest BCUT2D eigenvalue weighted by Gasteiger charge is -2.23. The summed E-state index contributed by atoms with van der Waals surface area (Å²) in [6, 6.07) is 11.5. The highest BCUT2D eigenvalue weighted by Crippen LogP contribution is 2.33. The van der Waals surface area contributed by atoms with Crippen LogP contribution in [0.25, 0.3) is 0 Å². The van der Waals surface area contributed by atoms with Gasteiger partial charge in [-0.25, -0.2) is 0 Å². The molecule has 2 rings (SSSR count). The van der Waals surface area contributed by atoms with E-state index in [1.54, 1.807) is 26.4 Å². The quantitative estimate of drug-likeness (QED) is 0.129. The molecule has 11 heteroatoms. The number of ether oxygens (including phenoxy) is 5. The van der Waals surface area contributed by atoms with E-state index in [0.717, 1.165) is 12.2 Å². The Hall–Kier alpha value is -3.12. The molecule has 0 aliphatic heterocycles. The van der Waals surface area contributed by atoms with Gasteiger partial charge < -0.3 is 28.6 Å². The second-order valence-corrected chi connectivity index (χ2v) is 7.24. The van der Waals surface area contributed by atoms with E-state index in [1.165, 1.54) is 12.1 Å². The van der Waals surface area contributed by atoms with Crippen LogP contribution in [0.1, 0.15) is 6.92 Å². The number of azo groups is 1. The Balaban J connectivity index is 1.80. The van der Waals surface area contributed by atoms with Gasteiger partial charge in [0, 0.05) is 44.1 Å². The van der Waals surface area contributed by atoms with Crippen LogP contribution in [0.15, 0.2) is 52.7 Å². The molecule has 0 aliphatic rings. The Morgan fingerprint density at radius 3 is 2.06 bits per heavy atom. The number of benzene rings is 2. The maximum absolute atomic E-state index is 10.8. The van der Waals surface area contributed by atoms with Crippen LogP contribution in [-0.4, -0.2) is 78.5 Å². The SMILES string of the molecule is CCN(CCOCCOCCOCCOC)c1ccc(/N=N/c2ccc([N+](=O)[O-])cc2)c(OC)c1. The Morgan fingerprint density at radius 1 is 0.857 bits per heavy atom. The van der Waals surface area contributed by atoms with Gasteiger partial charge in [0.05, 0.1) is 64.0 Å². The zero-order valence-electron chi connectivity index (χ0n) is 20.6. The summed E-state index contributed by atoms with van der Waals surface area (Å²) < 4.78 is 26.9. The Bertz CT molecular complexity index is 909. The van der Waals surface area contributed by atoms with Crippen LogP contribution in [0.3, 0.4) is 0 Å². The molecule has 192 valence electrons. The van der Waals surface area contributed by atoms with E-state index in [2.05, 4.69) is 22.1 Å². The van der Waals surface area contributed by atoms with Crippen molar-refractivity contribution in [2.75, 3.05) is 78.5 Å². The number of nitrogens with zero attached hydrogens (tertiary/aromatic N) is 4. The standard InChI is InChI=1S/C24H34N4O7/c1-4-27(11-12-33-15-16-35-18-17-34-14-13-31-2)22-9-10-23(24(19-22)32-3)26-25-20-5-7-21(8-6-20)28(29)30/h5-10,19H,4,11-18H2,1-3H3/b26-25+. The van der Waals surface area contributed by atoms with Crippen LogP contribution >= 0.6 is 0 Å². The number of methoxy groups -OCH3 is 2. The number of non-ortho nitro benzene ring substituents is 1. The molecule has 0 aliphatic carbocycles. The van der Waals surface area contributed by atoms with Gasteiger partial charge in [-0.3, -0.25) is 10.1 Å². The van der Waals surface area contributed by atoms with E-state index in [9.17, 15) is 10.1 Å². The number of hydrogen-bond acceptors (Lipinski definition) is 10. The highest BCUT2D eigenvalue weighted by atomic mass is 16.6. The number of nitro groups is 1. The van der Waals surface area contributed by atoms with E-state index in [4.69, 9.17) is 23.7 Å². The second kappa shape index (κ2) is 16.5. The molecule has 0 bridgehead atoms. The number of hydrogen-bond donors (Lipinski definition) is 0. The van der Waals surface area contributed by atoms with Gasteiger partial charge >= 0.3 is 0 Å². The summed E-state index contributed by atoms with van der Waals surface area (Å²) in [6.45, 7) is 7.39. The van der Waals surface area contributed by atoms with Gasteiger partial charge in [-0.2, -0.15) is 5.11 Å². The first-order chi connectivity index (χ1) is 17.1. The summed E-state index contributed by atoms with van der Waals surface area (Å²) in [7, 11) is 3.22. The zero-order chi connectivity index (χ0) is 25.3. The fourth-order valence-electron chi connectivity index (χ4n) is 3.03. The maximum atomic E-state index is 10.8. The molecule has 0 unspecified atom stereocenters. The summed E-state index contributed by atoms with van der Waals surface area (Å²) in [6.07, 6.45) is 0. The van der Waals surface area contributed by atoms with Crippen molar-refractivity contribution < 1.29 is 28.6 Å². The highest BCUT2D eigenvalue weighted by Gasteiger charge is 2.10. The van der Waals surface area contributed by atoms with Crippen molar-refractivity contribution in [2.45, 2.75) is 6.92 Å². The van der Waals surface area contributed by atoms with Gasteiger partial charge in [0.15, 0.2) is 0 Å². The first-order valence-electron chi connectivity index (χ1n) is 11.4. The van der Waals surface area contributed by atoms with Gasteiger partial charge in [0.25, 0.3) is 5.69 Å². The summed E-state index contributed by atoms with van der Waals surface area (Å²) in [5, 5.41) is 19.2. The lowest BCUT2D eigenvalue weighted by Crippen LogP contribution is -2.27. The topological polar surface area (TPSA) is 117 Å². The van der Waals surface area contributed by atoms with Crippen molar-refractivity contribution in [3.05, 3.63) is 52.6 Å². The smallest absolute Gasteiger partial charge is 0.269 e. The van der Waals surface area contributed by atoms with Crippen molar-refractivity contribution in [3.8, 4) is 5.75 Å². The lowest BCUT2D eigenvalue weighted by molar-refractivity contribution is -0.384. The molecule has 0 amide bonds. The Kier molecular flexibility index (Phi) is 13.3. The molecule has 0 fully saturated rings. The minimum absolute atomic E-state index is 0.00497. The molecule has 2 aromatic carbocycles. The van der Waals surface area contributed by atoms with Crippen molar-refractivity contribution >= 4 is 22.7 Å². The third-order valence-corrected chi connectivity index (χ3v) is 4.93. The molecule has 0 saturated heterocycles. The van der Waals surface area contributed by atoms with Gasteiger partial charge in [-0.05, 0) is 31.2 Å². The zero-order valence-corrected chi connectivity index (χ0v) is 20.6. The second-order valence-electron chi connectivity index (χ2n) is 7.24. The molecular formula is C24H34N4O7. The molecule has 0 atom stereocenters. The highest BCUT2D eigenvalue weighted by molar-refractivity contribution is 5.62. The summed E-state index contributed by atoms with van der Waals surface area (Å²) >= 11 is 0. The van der Waals surface area contributed by atoms with Crippen LogP contribution in [0.5, 0.6) is 5.75 Å². The predicted molar refractivity (Wildman–Crippen MR) is 132 cm³/mol. The van der Waals surface area contributed by atoms with Gasteiger partial charge in [0.1, 0.15) is 11.4 Å². The maximum Gasteiger partial charge on any atom is 0.269 e. The van der Waals surface area contributed by atoms with Crippen LogP contribution < -0.4 is 9.64 Å². The summed E-state index contributed by atoms with van der Waals surface area (Å²) in [4.78, 5) is 12.5. The van der Waals surface area contributed by atoms with Crippen molar-refractivity contribution in [1.29, 1.82) is 0 Å². The fraction of sp³-hybridized carbons (Fsp3) is 0.500. The largest absolute Gasteiger partial charge is 0.494 e. The number of likely N-dealkylation sites (N-methyl/N-ethyl adjacent to an activating group) is 1. The van der Waals surface area contributed by atoms with Crippen molar-refractivity contribution in [2.24, 2.45) is 10.2 Å². The molecule has 0 radical (unpaired) electrons. The minimum atomic E-state index is -0.455. The third-order valence-electron chi connectivity index (χ3n) is 4.93. The normalized spacial score (nSPS) is 11.2. The van der Waals surface area contributed by atoms with Crippen molar-refractivity contribution in [3.63, 3.8) is 0 Å². The summed E-state index contributed by atoms with van der Waals surface area (Å²) in [5.41, 5.74) is 2.05. The molecule has 11 nitrogen and oxygen atoms in total. The van der Waals surface area contributed by atoms with E-state index in [0.29, 0.717) is 69.9 Å². The Labute approximate surface area is 205 Å². The van der Waals surface area contributed by atoms with E-state index in [1.807, 2.05) is 18.2 Å². The van der Waals surface area contributed by atoms with E-state index in [-0.39, 0.29) is 5.69 Å². The van der Waals surface area contributed by atoms with Crippen LogP contribution in [0.4, 0.5) is 22.7 Å². The summed E-state index contributed by atoms with van der Waals surface area (Å²) in [5.74, 6) is 0.577. The first kappa shape index (κ1) is 28.1. The predicted octanol–water partition coefficient (Wildman–Crippen LogP) is 4.54. The minimum Gasteiger partial charge on any atom is -0.494 e. The van der Waals surface area contributed by atoms with Crippen LogP contribution in [0.2, 0.25) is 0 Å². The molecule has 0 saturated carbocycles. The molecule has 0 heterocycles. The van der Waals surface area contributed by atoms with E-state index >= 15 is 0 Å². The first-order valence-corrected chi connectivity index (χ1v) is 11.4. The number of rotatable bonds is 18. The van der Waals surface area contributed by atoms with Crippen molar-refractivity contribution in [1.82, 2.24) is 0 Å². The van der Waals surface area contributed by atoms with Crippen LogP contribution in [0, 0.1) is 10.1 Å². The fourth-order valence-corrected chi connectivity index (χ4v) is 3.03. The Morgan fingerprint density at radius 2 is 1.49 bits per heavy atom. The molecule has 35 heavy (non-hydrogen) atoms. The lowest BCUT2D eigenvalue weighted by atomic mass is 10.2. The number of anilines is 1. The van der Waals surface area contributed by atoms with E-state index < -0.39 is 4.92 Å². The molecule has 2 aromatic rings. The average Bonchev–Trinajstić information content (AvgIpc) is 2.88. The monoisotopic (exact) mass is 490 g/mol. The molecular weight excluding hydrogens is 456 g/mol.